The lowest BCUT2D eigenvalue weighted by atomic mass is 9.99. The minimum Gasteiger partial charge on any atom is -0.542 e. The number of alkyl halides is 6. The zero-order valence-corrected chi connectivity index (χ0v) is 25.0. The lowest BCUT2D eigenvalue weighted by Crippen LogP contribution is -3.11. The molecule has 8 nitrogen and oxygen atoms in total. The van der Waals surface area contributed by atoms with E-state index in [1.807, 2.05) is 48.5 Å². The van der Waals surface area contributed by atoms with Gasteiger partial charge in [0, 0.05) is 12.3 Å². The number of carbonyl (C=O) groups excluding carboxylic acids is 4. The van der Waals surface area contributed by atoms with Crippen LogP contribution >= 0.6 is 11.8 Å². The van der Waals surface area contributed by atoms with E-state index < -0.39 is 35.9 Å². The SMILES string of the molecule is O=C(Cc1ccccc1)N[C@@H](CCCSCC(=O)C(F)(F)F)C(=O)NCC[NH+]1CCC(c2ccccc2)C1.O=C([O-])C(F)(F)F. The summed E-state index contributed by atoms with van der Waals surface area (Å²) >= 11 is 0.879. The first-order valence-corrected chi connectivity index (χ1v) is 15.3. The maximum Gasteiger partial charge on any atom is 0.450 e. The van der Waals surface area contributed by atoms with E-state index in [-0.39, 0.29) is 30.4 Å². The molecule has 0 aromatic heterocycles. The van der Waals surface area contributed by atoms with Gasteiger partial charge < -0.3 is 25.4 Å². The number of hydrogen-bond acceptors (Lipinski definition) is 6. The van der Waals surface area contributed by atoms with Crippen LogP contribution in [0.4, 0.5) is 26.3 Å². The molecule has 3 atom stereocenters. The van der Waals surface area contributed by atoms with Gasteiger partial charge in [0.2, 0.25) is 17.6 Å². The number of carbonyl (C=O) groups is 4. The Hall–Kier alpha value is -3.59. The van der Waals surface area contributed by atoms with Crippen LogP contribution in [-0.2, 0) is 25.6 Å². The third-order valence-electron chi connectivity index (χ3n) is 6.85. The van der Waals surface area contributed by atoms with E-state index >= 15 is 0 Å². The molecule has 2 aromatic rings. The number of halogens is 6. The molecule has 0 radical (unpaired) electrons. The summed E-state index contributed by atoms with van der Waals surface area (Å²) < 4.78 is 68.7. The maximum absolute atomic E-state index is 12.9. The summed E-state index contributed by atoms with van der Waals surface area (Å²) in [7, 11) is 0. The average molecular weight is 664 g/mol. The number of aliphatic carboxylic acids is 1. The molecule has 1 aliphatic rings. The van der Waals surface area contributed by atoms with Crippen molar-refractivity contribution < 1.29 is 55.5 Å². The number of quaternary nitrogens is 1. The van der Waals surface area contributed by atoms with Crippen molar-refractivity contribution in [2.24, 2.45) is 0 Å². The summed E-state index contributed by atoms with van der Waals surface area (Å²) in [4.78, 5) is 46.8. The fourth-order valence-corrected chi connectivity index (χ4v) is 5.45. The molecule has 45 heavy (non-hydrogen) atoms. The molecule has 248 valence electrons. The van der Waals surface area contributed by atoms with Crippen molar-refractivity contribution in [3.63, 3.8) is 0 Å². The van der Waals surface area contributed by atoms with Crippen LogP contribution in [0.25, 0.3) is 0 Å². The van der Waals surface area contributed by atoms with Gasteiger partial charge >= 0.3 is 12.4 Å². The quantitative estimate of drug-likeness (QED) is 0.210. The largest absolute Gasteiger partial charge is 0.542 e. The Labute approximate surface area is 260 Å². The Balaban J connectivity index is 0.000000900. The molecule has 0 saturated carbocycles. The van der Waals surface area contributed by atoms with Crippen molar-refractivity contribution in [3.05, 3.63) is 71.8 Å². The molecule has 2 aromatic carbocycles. The second kappa shape index (κ2) is 18.4. The van der Waals surface area contributed by atoms with Crippen molar-refractivity contribution in [1.82, 2.24) is 10.6 Å². The van der Waals surface area contributed by atoms with Crippen molar-refractivity contribution in [1.29, 1.82) is 0 Å². The highest BCUT2D eigenvalue weighted by Gasteiger charge is 2.37. The monoisotopic (exact) mass is 663 g/mol. The number of nitrogens with one attached hydrogen (secondary N) is 3. The molecule has 15 heteroatoms. The first-order valence-electron chi connectivity index (χ1n) is 14.1. The Morgan fingerprint density at radius 1 is 0.933 bits per heavy atom. The minimum atomic E-state index is -5.19. The zero-order chi connectivity index (χ0) is 33.5. The molecule has 2 unspecified atom stereocenters. The number of carboxylic acid groups (broad SMARTS) is 1. The van der Waals surface area contributed by atoms with Gasteiger partial charge in [0.25, 0.3) is 0 Å². The number of rotatable bonds is 14. The van der Waals surface area contributed by atoms with E-state index in [0.717, 1.165) is 43.4 Å². The standard InChI is InChI=1S/C28H34F3N3O3S.C2HF3O2/c29-28(30,31)25(35)20-38-17-7-12-24(33-26(36)18-21-8-3-1-4-9-21)27(37)32-14-16-34-15-13-23(19-34)22-10-5-2-6-11-22;3-2(4,5)1(6)7/h1-6,8-11,23-24H,7,12-20H2,(H,32,37)(H,33,36);(H,6,7)/t23?,24-;/m0./s1. The molecule has 0 bridgehead atoms. The van der Waals surface area contributed by atoms with Gasteiger partial charge in [-0.25, -0.2) is 0 Å². The number of benzene rings is 2. The predicted octanol–water partition coefficient (Wildman–Crippen LogP) is 1.85. The summed E-state index contributed by atoms with van der Waals surface area (Å²) in [5, 5.41) is 14.5. The highest BCUT2D eigenvalue weighted by Crippen LogP contribution is 2.20. The Morgan fingerprint density at radius 3 is 2.11 bits per heavy atom. The maximum atomic E-state index is 12.9. The van der Waals surface area contributed by atoms with E-state index in [1.54, 1.807) is 0 Å². The molecule has 1 saturated heterocycles. The van der Waals surface area contributed by atoms with Crippen LogP contribution in [0.1, 0.15) is 36.3 Å². The summed E-state index contributed by atoms with van der Waals surface area (Å²) in [6.07, 6.45) is -8.15. The number of thioether (sulfide) groups is 1. The molecule has 3 N–H and O–H groups in total. The molecule has 0 spiro atoms. The molecule has 2 amide bonds. The lowest BCUT2D eigenvalue weighted by molar-refractivity contribution is -0.886. The van der Waals surface area contributed by atoms with Gasteiger partial charge in [-0.15, -0.1) is 0 Å². The number of Topliss-reactive ketones (excluding diaryl/α,β-unsaturated/α-hetero) is 1. The Morgan fingerprint density at radius 2 is 1.53 bits per heavy atom. The van der Waals surface area contributed by atoms with E-state index in [4.69, 9.17) is 9.90 Å². The Bertz CT molecular complexity index is 1230. The van der Waals surface area contributed by atoms with E-state index in [2.05, 4.69) is 22.8 Å². The summed E-state index contributed by atoms with van der Waals surface area (Å²) in [5.41, 5.74) is 2.15. The van der Waals surface area contributed by atoms with Crippen molar-refractivity contribution in [2.75, 3.05) is 37.7 Å². The third kappa shape index (κ3) is 14.8. The lowest BCUT2D eigenvalue weighted by Gasteiger charge is -2.20. The summed E-state index contributed by atoms with van der Waals surface area (Å²) in [6.45, 7) is 3.27. The molecule has 1 fully saturated rings. The predicted molar refractivity (Wildman–Crippen MR) is 153 cm³/mol. The molecule has 1 aliphatic heterocycles. The smallest absolute Gasteiger partial charge is 0.450 e. The molecule has 3 rings (SSSR count). The van der Waals surface area contributed by atoms with E-state index in [1.165, 1.54) is 10.5 Å². The third-order valence-corrected chi connectivity index (χ3v) is 7.90. The van der Waals surface area contributed by atoms with Crippen LogP contribution in [0.3, 0.4) is 0 Å². The van der Waals surface area contributed by atoms with Gasteiger partial charge in [0.05, 0.1) is 38.4 Å². The number of likely N-dealkylation sites (tertiary alicyclic amines) is 1. The zero-order valence-electron chi connectivity index (χ0n) is 24.2. The highest BCUT2D eigenvalue weighted by atomic mass is 32.2. The normalized spacial score (nSPS) is 17.0. The van der Waals surface area contributed by atoms with Gasteiger partial charge in [-0.2, -0.15) is 38.1 Å². The minimum absolute atomic E-state index is 0.123. The van der Waals surface area contributed by atoms with Crippen LogP contribution in [-0.4, -0.2) is 79.6 Å². The van der Waals surface area contributed by atoms with Gasteiger partial charge in [-0.3, -0.25) is 14.4 Å². The fraction of sp³-hybridized carbons (Fsp3) is 0.467. The van der Waals surface area contributed by atoms with Crippen LogP contribution in [0.2, 0.25) is 0 Å². The van der Waals surface area contributed by atoms with Crippen LogP contribution < -0.4 is 20.6 Å². The molecule has 0 aliphatic carbocycles. The molecule has 1 heterocycles. The van der Waals surface area contributed by atoms with Crippen molar-refractivity contribution in [2.45, 2.75) is 50.0 Å². The highest BCUT2D eigenvalue weighted by molar-refractivity contribution is 7.99. The van der Waals surface area contributed by atoms with Crippen molar-refractivity contribution >= 4 is 35.3 Å². The van der Waals surface area contributed by atoms with E-state index in [9.17, 15) is 40.7 Å². The second-order valence-corrected chi connectivity index (χ2v) is 11.4. The van der Waals surface area contributed by atoms with Gasteiger partial charge in [0.15, 0.2) is 0 Å². The van der Waals surface area contributed by atoms with Gasteiger partial charge in [-0.1, -0.05) is 60.7 Å². The number of amides is 2. The van der Waals surface area contributed by atoms with Crippen LogP contribution in [0, 0.1) is 0 Å². The average Bonchev–Trinajstić information content (AvgIpc) is 3.45. The van der Waals surface area contributed by atoms with Crippen molar-refractivity contribution in [3.8, 4) is 0 Å². The topological polar surface area (TPSA) is 120 Å². The number of ketones is 1. The number of carboxylic acids is 1. The Kier molecular flexibility index (Phi) is 15.4. The first kappa shape index (κ1) is 37.6. The summed E-state index contributed by atoms with van der Waals surface area (Å²) in [6, 6.07) is 18.8. The first-order chi connectivity index (χ1) is 21.2. The molecular formula is C30H35F6N3O5S. The fourth-order valence-electron chi connectivity index (χ4n) is 4.59. The van der Waals surface area contributed by atoms with Crippen LogP contribution in [0.5, 0.6) is 0 Å². The second-order valence-electron chi connectivity index (χ2n) is 10.3. The number of hydrogen-bond donors (Lipinski definition) is 3. The summed E-state index contributed by atoms with van der Waals surface area (Å²) in [5.74, 6) is -5.25. The van der Waals surface area contributed by atoms with Crippen LogP contribution in [0.15, 0.2) is 60.7 Å². The molecular weight excluding hydrogens is 628 g/mol. The van der Waals surface area contributed by atoms with Gasteiger partial charge in [0.1, 0.15) is 12.0 Å². The van der Waals surface area contributed by atoms with E-state index in [0.29, 0.717) is 18.9 Å². The van der Waals surface area contributed by atoms with Gasteiger partial charge in [-0.05, 0) is 29.7 Å².